The van der Waals surface area contributed by atoms with Gasteiger partial charge in [-0.25, -0.2) is 4.57 Å². The molecule has 0 aliphatic rings. The highest BCUT2D eigenvalue weighted by atomic mass is 35.5. The summed E-state index contributed by atoms with van der Waals surface area (Å²) in [6.07, 6.45) is 23.5. The number of hydrogen-bond acceptors (Lipinski definition) is 0. The minimum absolute atomic E-state index is 0. The summed E-state index contributed by atoms with van der Waals surface area (Å²) in [6.45, 7) is 4.53. The first-order chi connectivity index (χ1) is 11.8. The fraction of sp³-hybridized carbons (Fsp3) is 0.783. The first kappa shape index (κ1) is 24.4. The van der Waals surface area contributed by atoms with Gasteiger partial charge < -0.3 is 12.4 Å². The van der Waals surface area contributed by atoms with Crippen LogP contribution < -0.4 is 17.0 Å². The van der Waals surface area contributed by atoms with Gasteiger partial charge >= 0.3 is 0 Å². The molecule has 0 spiro atoms. The van der Waals surface area contributed by atoms with Crippen molar-refractivity contribution in [3.8, 4) is 0 Å². The van der Waals surface area contributed by atoms with Gasteiger partial charge in [0.1, 0.15) is 7.05 Å². The molecule has 0 aromatic carbocycles. The smallest absolute Gasteiger partial charge is 0.181 e. The van der Waals surface area contributed by atoms with E-state index in [4.69, 9.17) is 0 Å². The van der Waals surface area contributed by atoms with Crippen molar-refractivity contribution in [2.75, 3.05) is 0 Å². The number of nitrogens with zero attached hydrogens (tertiary/aromatic N) is 1. The van der Waals surface area contributed by atoms with Gasteiger partial charge in [0.25, 0.3) is 0 Å². The summed E-state index contributed by atoms with van der Waals surface area (Å²) in [6, 6.07) is 4.46. The minimum atomic E-state index is 0. The van der Waals surface area contributed by atoms with E-state index in [0.717, 1.165) is 0 Å². The lowest BCUT2D eigenvalue weighted by Crippen LogP contribution is -3.00. The second-order valence-corrected chi connectivity index (χ2v) is 7.58. The van der Waals surface area contributed by atoms with Crippen LogP contribution in [0, 0.1) is 6.92 Å². The standard InChI is InChI=1S/C23H42N.ClH/c1-4-5-6-7-8-9-10-11-12-13-14-15-16-17-19-23-20-18-21-24(3)22(23)2;/h18,20-21H,4-17,19H2,1-3H3;1H/q+1;/p-1. The highest BCUT2D eigenvalue weighted by Gasteiger charge is 2.06. The molecule has 0 N–H and O–H groups in total. The Bertz CT molecular complexity index is 417. The van der Waals surface area contributed by atoms with Crippen molar-refractivity contribution in [2.24, 2.45) is 7.05 Å². The first-order valence-corrected chi connectivity index (χ1v) is 10.7. The van der Waals surface area contributed by atoms with Crippen LogP contribution in [0.15, 0.2) is 18.3 Å². The Labute approximate surface area is 164 Å². The molecule has 0 atom stereocenters. The zero-order valence-corrected chi connectivity index (χ0v) is 17.9. The Morgan fingerprint density at radius 2 is 1.16 bits per heavy atom. The van der Waals surface area contributed by atoms with Gasteiger partial charge in [0, 0.05) is 18.6 Å². The van der Waals surface area contributed by atoms with Crippen molar-refractivity contribution in [3.05, 3.63) is 29.6 Å². The molecule has 146 valence electrons. The second kappa shape index (κ2) is 16.9. The van der Waals surface area contributed by atoms with Crippen molar-refractivity contribution in [1.82, 2.24) is 0 Å². The molecule has 0 aliphatic carbocycles. The topological polar surface area (TPSA) is 3.88 Å². The average molecular weight is 368 g/mol. The van der Waals surface area contributed by atoms with E-state index < -0.39 is 0 Å². The van der Waals surface area contributed by atoms with Gasteiger partial charge in [-0.1, -0.05) is 90.4 Å². The Kier molecular flexibility index (Phi) is 16.5. The Balaban J connectivity index is 0.00000576. The Hall–Kier alpha value is -0.560. The molecule has 0 amide bonds. The third kappa shape index (κ3) is 12.4. The van der Waals surface area contributed by atoms with Gasteiger partial charge in [-0.3, -0.25) is 0 Å². The fourth-order valence-electron chi connectivity index (χ4n) is 3.52. The predicted molar refractivity (Wildman–Crippen MR) is 106 cm³/mol. The van der Waals surface area contributed by atoms with Crippen molar-refractivity contribution in [2.45, 2.75) is 110 Å². The SMILES string of the molecule is CCCCCCCCCCCCCCCCc1ccc[n+](C)c1C.[Cl-]. The van der Waals surface area contributed by atoms with E-state index in [9.17, 15) is 0 Å². The summed E-state index contributed by atoms with van der Waals surface area (Å²) in [5.41, 5.74) is 2.95. The summed E-state index contributed by atoms with van der Waals surface area (Å²) >= 11 is 0. The van der Waals surface area contributed by atoms with Gasteiger partial charge in [0.05, 0.1) is 0 Å². The molecule has 0 unspecified atom stereocenters. The molecule has 1 rings (SSSR count). The zero-order chi connectivity index (χ0) is 17.5. The second-order valence-electron chi connectivity index (χ2n) is 7.58. The molecule has 0 saturated carbocycles. The molecule has 0 aliphatic heterocycles. The van der Waals surface area contributed by atoms with Crippen LogP contribution in [0.5, 0.6) is 0 Å². The summed E-state index contributed by atoms with van der Waals surface area (Å²) in [7, 11) is 2.14. The van der Waals surface area contributed by atoms with Crippen molar-refractivity contribution >= 4 is 0 Å². The molecule has 25 heavy (non-hydrogen) atoms. The number of aromatic nitrogens is 1. The minimum Gasteiger partial charge on any atom is -1.00 e. The molecule has 1 nitrogen and oxygen atoms in total. The van der Waals surface area contributed by atoms with Crippen LogP contribution in [0.3, 0.4) is 0 Å². The van der Waals surface area contributed by atoms with Gasteiger partial charge in [0.2, 0.25) is 0 Å². The molecule has 1 aromatic rings. The predicted octanol–water partition coefficient (Wildman–Crippen LogP) is 3.85. The molecule has 0 fully saturated rings. The zero-order valence-electron chi connectivity index (χ0n) is 17.2. The molecule has 1 aromatic heterocycles. The highest BCUT2D eigenvalue weighted by Crippen LogP contribution is 2.14. The molecular formula is C23H42ClN. The van der Waals surface area contributed by atoms with Crippen LogP contribution in [-0.4, -0.2) is 0 Å². The van der Waals surface area contributed by atoms with Crippen molar-refractivity contribution in [3.63, 3.8) is 0 Å². The molecule has 0 bridgehead atoms. The van der Waals surface area contributed by atoms with Gasteiger partial charge in [-0.15, -0.1) is 0 Å². The van der Waals surface area contributed by atoms with Crippen molar-refractivity contribution < 1.29 is 17.0 Å². The quantitative estimate of drug-likeness (QED) is 0.327. The highest BCUT2D eigenvalue weighted by molar-refractivity contribution is 5.14. The van der Waals surface area contributed by atoms with Crippen LogP contribution in [0.1, 0.15) is 108 Å². The first-order valence-electron chi connectivity index (χ1n) is 10.7. The van der Waals surface area contributed by atoms with E-state index >= 15 is 0 Å². The lowest BCUT2D eigenvalue weighted by atomic mass is 10.0. The van der Waals surface area contributed by atoms with Crippen LogP contribution in [0.2, 0.25) is 0 Å². The number of halogens is 1. The van der Waals surface area contributed by atoms with E-state index in [1.54, 1.807) is 0 Å². The van der Waals surface area contributed by atoms with E-state index in [-0.39, 0.29) is 12.4 Å². The maximum absolute atomic E-state index is 2.29. The maximum atomic E-state index is 2.29. The molecule has 2 heteroatoms. The van der Waals surface area contributed by atoms with Crippen LogP contribution in [0.4, 0.5) is 0 Å². The molecule has 1 heterocycles. The van der Waals surface area contributed by atoms with Crippen LogP contribution in [-0.2, 0) is 13.5 Å². The number of aryl methyl sites for hydroxylation is 2. The van der Waals surface area contributed by atoms with Crippen molar-refractivity contribution in [1.29, 1.82) is 0 Å². The number of unbranched alkanes of at least 4 members (excludes halogenated alkanes) is 13. The van der Waals surface area contributed by atoms with Gasteiger partial charge in [-0.05, 0) is 18.9 Å². The van der Waals surface area contributed by atoms with Crippen LogP contribution in [0.25, 0.3) is 0 Å². The number of hydrogen-bond donors (Lipinski definition) is 0. The van der Waals surface area contributed by atoms with Gasteiger partial charge in [0.15, 0.2) is 11.9 Å². The number of rotatable bonds is 15. The number of pyridine rings is 1. The largest absolute Gasteiger partial charge is 1.00 e. The molecule has 0 radical (unpaired) electrons. The lowest BCUT2D eigenvalue weighted by Gasteiger charge is -2.05. The normalized spacial score (nSPS) is 10.7. The average Bonchev–Trinajstić information content (AvgIpc) is 2.58. The Morgan fingerprint density at radius 1 is 0.720 bits per heavy atom. The molecule has 0 saturated heterocycles. The third-order valence-electron chi connectivity index (χ3n) is 5.40. The van der Waals surface area contributed by atoms with E-state index in [1.165, 1.54) is 108 Å². The monoisotopic (exact) mass is 367 g/mol. The lowest BCUT2D eigenvalue weighted by molar-refractivity contribution is -0.678. The van der Waals surface area contributed by atoms with E-state index in [0.29, 0.717) is 0 Å². The summed E-state index contributed by atoms with van der Waals surface area (Å²) in [5.74, 6) is 0. The molecular weight excluding hydrogens is 326 g/mol. The van der Waals surface area contributed by atoms with E-state index in [1.807, 2.05) is 0 Å². The third-order valence-corrected chi connectivity index (χ3v) is 5.40. The summed E-state index contributed by atoms with van der Waals surface area (Å²) < 4.78 is 2.24. The Morgan fingerprint density at radius 3 is 1.64 bits per heavy atom. The summed E-state index contributed by atoms with van der Waals surface area (Å²) in [5, 5.41) is 0. The van der Waals surface area contributed by atoms with Gasteiger partial charge in [-0.2, -0.15) is 0 Å². The van der Waals surface area contributed by atoms with Crippen LogP contribution >= 0.6 is 0 Å². The fourth-order valence-corrected chi connectivity index (χ4v) is 3.52. The van der Waals surface area contributed by atoms with E-state index in [2.05, 4.69) is 43.8 Å². The maximum Gasteiger partial charge on any atom is 0.181 e. The summed E-state index contributed by atoms with van der Waals surface area (Å²) in [4.78, 5) is 0.